The van der Waals surface area contributed by atoms with Crippen molar-refractivity contribution in [3.63, 3.8) is 0 Å². The number of hydrogen-bond donors (Lipinski definition) is 1. The van der Waals surface area contributed by atoms with Gasteiger partial charge in [-0.3, -0.25) is 4.79 Å². The Morgan fingerprint density at radius 2 is 1.77 bits per heavy atom. The van der Waals surface area contributed by atoms with Crippen molar-refractivity contribution in [3.8, 4) is 11.5 Å². The lowest BCUT2D eigenvalue weighted by Gasteiger charge is -2.12. The molecule has 1 N–H and O–H groups in total. The highest BCUT2D eigenvalue weighted by molar-refractivity contribution is 5.94. The summed E-state index contributed by atoms with van der Waals surface area (Å²) in [6, 6.07) is 23.6. The molecule has 6 heteroatoms. The van der Waals surface area contributed by atoms with Crippen LogP contribution in [0.4, 0.5) is 0 Å². The Morgan fingerprint density at radius 3 is 2.63 bits per heavy atom. The summed E-state index contributed by atoms with van der Waals surface area (Å²) in [5.41, 5.74) is 3.95. The van der Waals surface area contributed by atoms with Gasteiger partial charge in [-0.1, -0.05) is 42.3 Å². The number of unbranched alkanes of at least 4 members (excludes halogenated alkanes) is 2. The molecule has 0 spiro atoms. The fraction of sp³-hybridized carbons (Fsp3) is 0.310. The largest absolute Gasteiger partial charge is 0.497 e. The second-order valence-electron chi connectivity index (χ2n) is 8.63. The van der Waals surface area contributed by atoms with Crippen LogP contribution in [0.5, 0.6) is 11.5 Å². The van der Waals surface area contributed by atoms with E-state index in [9.17, 15) is 4.79 Å². The smallest absolute Gasteiger partial charge is 0.251 e. The number of hydrogen-bond acceptors (Lipinski definition) is 4. The quantitative estimate of drug-likeness (QED) is 0.274. The molecule has 0 aliphatic carbocycles. The van der Waals surface area contributed by atoms with Crippen LogP contribution in [0.3, 0.4) is 0 Å². The summed E-state index contributed by atoms with van der Waals surface area (Å²) in [7, 11) is 1.65. The molecule has 0 saturated carbocycles. The molecule has 0 unspecified atom stereocenters. The van der Waals surface area contributed by atoms with E-state index < -0.39 is 0 Å². The van der Waals surface area contributed by atoms with Crippen molar-refractivity contribution in [3.05, 3.63) is 89.7 Å². The van der Waals surface area contributed by atoms with Gasteiger partial charge in [0.2, 0.25) is 0 Å². The number of aryl methyl sites for hydroxylation is 2. The van der Waals surface area contributed by atoms with E-state index in [4.69, 9.17) is 14.5 Å². The minimum atomic E-state index is -0.00784. The number of methoxy groups -OCH3 is 1. The fourth-order valence-corrected chi connectivity index (χ4v) is 4.19. The standard InChI is InChI=1S/C29H33N3O3/c1-22-10-8-11-23(20-22)29(33)30-17-7-3-4-16-28-31-26-14-5-6-15-27(26)32(28)18-19-35-25-13-9-12-24(21-25)34-2/h5-6,8-15,20-21H,3-4,7,16-19H2,1-2H3,(H,30,33). The van der Waals surface area contributed by atoms with Gasteiger partial charge in [0.15, 0.2) is 0 Å². The van der Waals surface area contributed by atoms with Crippen LogP contribution in [0.25, 0.3) is 11.0 Å². The average molecular weight is 472 g/mol. The first-order valence-electron chi connectivity index (χ1n) is 12.2. The van der Waals surface area contributed by atoms with Crippen molar-refractivity contribution in [1.82, 2.24) is 14.9 Å². The number of carbonyl (C=O) groups is 1. The maximum absolute atomic E-state index is 12.3. The van der Waals surface area contributed by atoms with E-state index in [1.807, 2.05) is 67.6 Å². The molecule has 6 nitrogen and oxygen atoms in total. The number of fused-ring (bicyclic) bond motifs is 1. The molecule has 182 valence electrons. The second-order valence-corrected chi connectivity index (χ2v) is 8.63. The third kappa shape index (κ3) is 6.63. The predicted octanol–water partition coefficient (Wildman–Crippen LogP) is 5.58. The monoisotopic (exact) mass is 471 g/mol. The molecule has 0 fully saturated rings. The van der Waals surface area contributed by atoms with Gasteiger partial charge in [-0.15, -0.1) is 0 Å². The number of nitrogens with one attached hydrogen (secondary N) is 1. The molecule has 1 aromatic heterocycles. The zero-order chi connectivity index (χ0) is 24.5. The first-order chi connectivity index (χ1) is 17.1. The number of ether oxygens (including phenoxy) is 2. The van der Waals surface area contributed by atoms with Gasteiger partial charge < -0.3 is 19.4 Å². The molecule has 0 aliphatic heterocycles. The Balaban J connectivity index is 1.27. The van der Waals surface area contributed by atoms with E-state index in [0.29, 0.717) is 13.2 Å². The lowest BCUT2D eigenvalue weighted by molar-refractivity contribution is 0.0953. The highest BCUT2D eigenvalue weighted by Crippen LogP contribution is 2.21. The fourth-order valence-electron chi connectivity index (χ4n) is 4.19. The van der Waals surface area contributed by atoms with Gasteiger partial charge in [-0.05, 0) is 56.2 Å². The summed E-state index contributed by atoms with van der Waals surface area (Å²) in [5, 5.41) is 3.02. The molecular formula is C29H33N3O3. The number of rotatable bonds is 12. The molecule has 1 amide bonds. The normalized spacial score (nSPS) is 10.9. The third-order valence-electron chi connectivity index (χ3n) is 6.00. The molecule has 35 heavy (non-hydrogen) atoms. The van der Waals surface area contributed by atoms with E-state index in [1.165, 1.54) is 0 Å². The molecule has 3 aromatic carbocycles. The van der Waals surface area contributed by atoms with Gasteiger partial charge in [0.25, 0.3) is 5.91 Å². The molecule has 4 aromatic rings. The van der Waals surface area contributed by atoms with E-state index in [0.717, 1.165) is 71.7 Å². The minimum Gasteiger partial charge on any atom is -0.497 e. The lowest BCUT2D eigenvalue weighted by Crippen LogP contribution is -2.24. The maximum Gasteiger partial charge on any atom is 0.251 e. The Hall–Kier alpha value is -3.80. The Kier molecular flexibility index (Phi) is 8.39. The zero-order valence-corrected chi connectivity index (χ0v) is 20.5. The summed E-state index contributed by atoms with van der Waals surface area (Å²) < 4.78 is 13.5. The van der Waals surface area contributed by atoms with Crippen LogP contribution >= 0.6 is 0 Å². The predicted molar refractivity (Wildman–Crippen MR) is 139 cm³/mol. The second kappa shape index (κ2) is 12.1. The van der Waals surface area contributed by atoms with Crippen LogP contribution in [0.15, 0.2) is 72.8 Å². The number of aromatic nitrogens is 2. The van der Waals surface area contributed by atoms with E-state index in [1.54, 1.807) is 7.11 Å². The van der Waals surface area contributed by atoms with Gasteiger partial charge in [0.1, 0.15) is 23.9 Å². The van der Waals surface area contributed by atoms with Gasteiger partial charge in [0, 0.05) is 24.6 Å². The summed E-state index contributed by atoms with van der Waals surface area (Å²) in [5.74, 6) is 2.64. The first-order valence-corrected chi connectivity index (χ1v) is 12.2. The van der Waals surface area contributed by atoms with E-state index in [2.05, 4.69) is 22.0 Å². The molecule has 4 rings (SSSR count). The van der Waals surface area contributed by atoms with Crippen molar-refractivity contribution in [2.45, 2.75) is 39.2 Å². The van der Waals surface area contributed by atoms with Gasteiger partial charge in [0.05, 0.1) is 24.7 Å². The highest BCUT2D eigenvalue weighted by Gasteiger charge is 2.11. The minimum absolute atomic E-state index is 0.00784. The summed E-state index contributed by atoms with van der Waals surface area (Å²) in [6.45, 7) is 3.94. The first kappa shape index (κ1) is 24.3. The molecule has 0 aliphatic rings. The van der Waals surface area contributed by atoms with Crippen molar-refractivity contribution >= 4 is 16.9 Å². The van der Waals surface area contributed by atoms with Crippen molar-refractivity contribution in [1.29, 1.82) is 0 Å². The summed E-state index contributed by atoms with van der Waals surface area (Å²) in [4.78, 5) is 17.2. The number of amides is 1. The molecule has 0 atom stereocenters. The van der Waals surface area contributed by atoms with Crippen LogP contribution < -0.4 is 14.8 Å². The van der Waals surface area contributed by atoms with Crippen LogP contribution in [0, 0.1) is 6.92 Å². The number of imidazole rings is 1. The molecular weight excluding hydrogens is 438 g/mol. The van der Waals surface area contributed by atoms with Crippen molar-refractivity contribution < 1.29 is 14.3 Å². The number of para-hydroxylation sites is 2. The van der Waals surface area contributed by atoms with Gasteiger partial charge >= 0.3 is 0 Å². The van der Waals surface area contributed by atoms with Crippen molar-refractivity contribution in [2.24, 2.45) is 0 Å². The van der Waals surface area contributed by atoms with E-state index >= 15 is 0 Å². The zero-order valence-electron chi connectivity index (χ0n) is 20.5. The van der Waals surface area contributed by atoms with Crippen LogP contribution in [-0.2, 0) is 13.0 Å². The van der Waals surface area contributed by atoms with Crippen LogP contribution in [-0.4, -0.2) is 35.7 Å². The van der Waals surface area contributed by atoms with E-state index in [-0.39, 0.29) is 5.91 Å². The molecule has 1 heterocycles. The van der Waals surface area contributed by atoms with Gasteiger partial charge in [-0.25, -0.2) is 4.98 Å². The maximum atomic E-state index is 12.3. The Morgan fingerprint density at radius 1 is 0.943 bits per heavy atom. The van der Waals surface area contributed by atoms with Crippen LogP contribution in [0.1, 0.15) is 41.0 Å². The summed E-state index contributed by atoms with van der Waals surface area (Å²) in [6.07, 6.45) is 3.87. The third-order valence-corrected chi connectivity index (χ3v) is 6.00. The lowest BCUT2D eigenvalue weighted by atomic mass is 10.1. The summed E-state index contributed by atoms with van der Waals surface area (Å²) >= 11 is 0. The van der Waals surface area contributed by atoms with Crippen molar-refractivity contribution in [2.75, 3.05) is 20.3 Å². The SMILES string of the molecule is COc1cccc(OCCn2c(CCCCCNC(=O)c3cccc(C)c3)nc3ccccc32)c1. The highest BCUT2D eigenvalue weighted by atomic mass is 16.5. The number of nitrogens with zero attached hydrogens (tertiary/aromatic N) is 2. The average Bonchev–Trinajstić information content (AvgIpc) is 3.23. The Labute approximate surface area is 206 Å². The van der Waals surface area contributed by atoms with Crippen LogP contribution in [0.2, 0.25) is 0 Å². The Bertz CT molecular complexity index is 1270. The van der Waals surface area contributed by atoms with Gasteiger partial charge in [-0.2, -0.15) is 0 Å². The number of carbonyl (C=O) groups excluding carboxylic acids is 1. The topological polar surface area (TPSA) is 65.4 Å². The molecule has 0 radical (unpaired) electrons. The molecule has 0 saturated heterocycles. The molecule has 0 bridgehead atoms. The number of benzene rings is 3.